The highest BCUT2D eigenvalue weighted by Gasteiger charge is 2.00. The molecule has 106 valence electrons. The van der Waals surface area contributed by atoms with Gasteiger partial charge in [0.1, 0.15) is 12.4 Å². The Hall–Kier alpha value is -1.87. The summed E-state index contributed by atoms with van der Waals surface area (Å²) in [7, 11) is 0. The van der Waals surface area contributed by atoms with Crippen molar-refractivity contribution in [3.8, 4) is 5.75 Å². The van der Waals surface area contributed by atoms with E-state index in [4.69, 9.17) is 4.74 Å². The highest BCUT2D eigenvalue weighted by atomic mass is 16.5. The van der Waals surface area contributed by atoms with Gasteiger partial charge in [0.2, 0.25) is 0 Å². The molecule has 0 radical (unpaired) electrons. The molecule has 0 aliphatic rings. The quantitative estimate of drug-likeness (QED) is 0.783. The number of rotatable bonds is 7. The van der Waals surface area contributed by atoms with Gasteiger partial charge in [-0.3, -0.25) is 4.98 Å². The van der Waals surface area contributed by atoms with Crippen LogP contribution in [-0.2, 0) is 6.54 Å². The molecule has 0 spiro atoms. The van der Waals surface area contributed by atoms with Gasteiger partial charge in [-0.15, -0.1) is 0 Å². The smallest absolute Gasteiger partial charge is 0.119 e. The summed E-state index contributed by atoms with van der Waals surface area (Å²) in [5.74, 6) is 1.47. The van der Waals surface area contributed by atoms with Gasteiger partial charge in [0.05, 0.1) is 5.69 Å². The van der Waals surface area contributed by atoms with E-state index in [0.29, 0.717) is 12.5 Å². The highest BCUT2D eigenvalue weighted by molar-refractivity contribution is 5.30. The Kier molecular flexibility index (Phi) is 5.56. The van der Waals surface area contributed by atoms with Crippen molar-refractivity contribution in [3.63, 3.8) is 0 Å². The molecule has 0 fully saturated rings. The van der Waals surface area contributed by atoms with Gasteiger partial charge < -0.3 is 10.1 Å². The van der Waals surface area contributed by atoms with E-state index >= 15 is 0 Å². The minimum Gasteiger partial charge on any atom is -0.492 e. The van der Waals surface area contributed by atoms with Crippen molar-refractivity contribution in [3.05, 3.63) is 59.9 Å². The van der Waals surface area contributed by atoms with E-state index in [1.54, 1.807) is 0 Å². The van der Waals surface area contributed by atoms with E-state index in [-0.39, 0.29) is 0 Å². The SMILES string of the molecule is CC(C)c1cccc(OCCNCc2ccccn2)c1. The zero-order valence-electron chi connectivity index (χ0n) is 12.2. The number of nitrogens with zero attached hydrogens (tertiary/aromatic N) is 1. The Morgan fingerprint density at radius 1 is 1.15 bits per heavy atom. The van der Waals surface area contributed by atoms with Crippen molar-refractivity contribution in [2.45, 2.75) is 26.3 Å². The first-order valence-corrected chi connectivity index (χ1v) is 7.09. The lowest BCUT2D eigenvalue weighted by Crippen LogP contribution is -2.21. The Balaban J connectivity index is 1.69. The number of benzene rings is 1. The van der Waals surface area contributed by atoms with Crippen LogP contribution in [-0.4, -0.2) is 18.1 Å². The third-order valence-electron chi connectivity index (χ3n) is 3.10. The van der Waals surface area contributed by atoms with E-state index < -0.39 is 0 Å². The van der Waals surface area contributed by atoms with E-state index in [2.05, 4.69) is 36.3 Å². The van der Waals surface area contributed by atoms with Crippen molar-refractivity contribution in [2.75, 3.05) is 13.2 Å². The molecule has 0 aliphatic heterocycles. The van der Waals surface area contributed by atoms with Crippen molar-refractivity contribution in [1.82, 2.24) is 10.3 Å². The molecule has 3 heteroatoms. The summed E-state index contributed by atoms with van der Waals surface area (Å²) in [5, 5.41) is 3.32. The van der Waals surface area contributed by atoms with Crippen molar-refractivity contribution < 1.29 is 4.74 Å². The lowest BCUT2D eigenvalue weighted by atomic mass is 10.0. The fourth-order valence-electron chi connectivity index (χ4n) is 1.92. The van der Waals surface area contributed by atoms with E-state index in [1.165, 1.54) is 5.56 Å². The maximum absolute atomic E-state index is 5.75. The van der Waals surface area contributed by atoms with Gasteiger partial charge >= 0.3 is 0 Å². The van der Waals surface area contributed by atoms with Crippen LogP contribution in [0, 0.1) is 0 Å². The van der Waals surface area contributed by atoms with Crippen molar-refractivity contribution in [2.24, 2.45) is 0 Å². The van der Waals surface area contributed by atoms with Gasteiger partial charge in [0.25, 0.3) is 0 Å². The number of ether oxygens (including phenoxy) is 1. The Morgan fingerprint density at radius 3 is 2.80 bits per heavy atom. The molecule has 2 rings (SSSR count). The number of pyridine rings is 1. The second-order valence-electron chi connectivity index (χ2n) is 5.07. The van der Waals surface area contributed by atoms with Gasteiger partial charge in [0, 0.05) is 19.3 Å². The molecule has 0 bridgehead atoms. The van der Waals surface area contributed by atoms with Crippen LogP contribution < -0.4 is 10.1 Å². The van der Waals surface area contributed by atoms with Crippen LogP contribution in [0.2, 0.25) is 0 Å². The van der Waals surface area contributed by atoms with Crippen LogP contribution in [0.5, 0.6) is 5.75 Å². The van der Waals surface area contributed by atoms with Crippen LogP contribution >= 0.6 is 0 Å². The first kappa shape index (κ1) is 14.5. The van der Waals surface area contributed by atoms with Crippen LogP contribution in [0.4, 0.5) is 0 Å². The second kappa shape index (κ2) is 7.65. The summed E-state index contributed by atoms with van der Waals surface area (Å²) >= 11 is 0. The van der Waals surface area contributed by atoms with E-state index in [1.807, 2.05) is 36.5 Å². The van der Waals surface area contributed by atoms with Crippen molar-refractivity contribution in [1.29, 1.82) is 0 Å². The number of hydrogen-bond donors (Lipinski definition) is 1. The summed E-state index contributed by atoms with van der Waals surface area (Å²) in [6.45, 7) is 6.62. The van der Waals surface area contributed by atoms with Crippen LogP contribution in [0.1, 0.15) is 31.0 Å². The first-order valence-electron chi connectivity index (χ1n) is 7.09. The van der Waals surface area contributed by atoms with Crippen LogP contribution in [0.25, 0.3) is 0 Å². The predicted octanol–water partition coefficient (Wildman–Crippen LogP) is 3.37. The van der Waals surface area contributed by atoms with E-state index in [9.17, 15) is 0 Å². The molecule has 20 heavy (non-hydrogen) atoms. The summed E-state index contributed by atoms with van der Waals surface area (Å²) in [5.41, 5.74) is 2.36. The average molecular weight is 270 g/mol. The Labute approximate surface area is 121 Å². The Bertz CT molecular complexity index is 511. The third-order valence-corrected chi connectivity index (χ3v) is 3.10. The lowest BCUT2D eigenvalue weighted by molar-refractivity contribution is 0.313. The minimum atomic E-state index is 0.529. The maximum Gasteiger partial charge on any atom is 0.119 e. The van der Waals surface area contributed by atoms with Crippen LogP contribution in [0.15, 0.2) is 48.7 Å². The molecule has 0 saturated heterocycles. The largest absolute Gasteiger partial charge is 0.492 e. The molecule has 0 unspecified atom stereocenters. The number of nitrogens with one attached hydrogen (secondary N) is 1. The molecule has 2 aromatic rings. The molecule has 0 amide bonds. The van der Waals surface area contributed by atoms with Gasteiger partial charge in [-0.2, -0.15) is 0 Å². The summed E-state index contributed by atoms with van der Waals surface area (Å²) in [6, 6.07) is 14.2. The predicted molar refractivity (Wildman–Crippen MR) is 82.0 cm³/mol. The van der Waals surface area contributed by atoms with Gasteiger partial charge in [-0.25, -0.2) is 0 Å². The van der Waals surface area contributed by atoms with Gasteiger partial charge in [0.15, 0.2) is 0 Å². The molecule has 1 aromatic carbocycles. The monoisotopic (exact) mass is 270 g/mol. The third kappa shape index (κ3) is 4.67. The molecule has 3 nitrogen and oxygen atoms in total. The zero-order chi connectivity index (χ0) is 14.2. The molecule has 1 aromatic heterocycles. The molecular formula is C17H22N2O. The number of aromatic nitrogens is 1. The molecule has 1 N–H and O–H groups in total. The van der Waals surface area contributed by atoms with Gasteiger partial charge in [-0.1, -0.05) is 32.0 Å². The summed E-state index contributed by atoms with van der Waals surface area (Å²) < 4.78 is 5.75. The second-order valence-corrected chi connectivity index (χ2v) is 5.07. The topological polar surface area (TPSA) is 34.1 Å². The first-order chi connectivity index (χ1) is 9.75. The molecule has 0 saturated carbocycles. The fraction of sp³-hybridized carbons (Fsp3) is 0.353. The lowest BCUT2D eigenvalue weighted by Gasteiger charge is -2.10. The maximum atomic E-state index is 5.75. The molecule has 0 atom stereocenters. The summed E-state index contributed by atoms with van der Waals surface area (Å²) in [6.07, 6.45) is 1.81. The van der Waals surface area contributed by atoms with Crippen molar-refractivity contribution >= 4 is 0 Å². The zero-order valence-corrected chi connectivity index (χ0v) is 12.2. The molecule has 1 heterocycles. The van der Waals surface area contributed by atoms with E-state index in [0.717, 1.165) is 24.5 Å². The standard InChI is InChI=1S/C17H22N2O/c1-14(2)15-6-5-8-17(12-15)20-11-10-18-13-16-7-3-4-9-19-16/h3-9,12,14,18H,10-11,13H2,1-2H3. The fourth-order valence-corrected chi connectivity index (χ4v) is 1.92. The minimum absolute atomic E-state index is 0.529. The normalized spacial score (nSPS) is 10.8. The highest BCUT2D eigenvalue weighted by Crippen LogP contribution is 2.19. The Morgan fingerprint density at radius 2 is 2.05 bits per heavy atom. The van der Waals surface area contributed by atoms with Gasteiger partial charge in [-0.05, 0) is 35.7 Å². The molecular weight excluding hydrogens is 248 g/mol. The van der Waals surface area contributed by atoms with Crippen LogP contribution in [0.3, 0.4) is 0 Å². The average Bonchev–Trinajstić information content (AvgIpc) is 2.48. The number of hydrogen-bond acceptors (Lipinski definition) is 3. The summed E-state index contributed by atoms with van der Waals surface area (Å²) in [4.78, 5) is 4.26. The molecule has 0 aliphatic carbocycles.